The molecule has 0 saturated heterocycles. The Balaban J connectivity index is 2.04. The highest BCUT2D eigenvalue weighted by atomic mass is 15.1. The first kappa shape index (κ1) is 18.0. The first-order valence-corrected chi connectivity index (χ1v) is 8.42. The van der Waals surface area contributed by atoms with Crippen LogP contribution in [0.2, 0.25) is 0 Å². The van der Waals surface area contributed by atoms with Gasteiger partial charge < -0.3 is 0 Å². The van der Waals surface area contributed by atoms with Crippen LogP contribution < -0.4 is 0 Å². The number of rotatable bonds is 9. The van der Waals surface area contributed by atoms with Gasteiger partial charge >= 0.3 is 0 Å². The highest BCUT2D eigenvalue weighted by molar-refractivity contribution is 5.50. The molecule has 2 rings (SSSR count). The van der Waals surface area contributed by atoms with Gasteiger partial charge in [-0.25, -0.2) is 19.9 Å². The second-order valence-electron chi connectivity index (χ2n) is 5.87. The monoisotopic (exact) mass is 324 g/mol. The molecule has 2 heterocycles. The van der Waals surface area contributed by atoms with Crippen LogP contribution in [-0.4, -0.2) is 37.9 Å². The number of hydrogen-bond donors (Lipinski definition) is 0. The summed E-state index contributed by atoms with van der Waals surface area (Å²) in [6.45, 7) is 6.99. The van der Waals surface area contributed by atoms with E-state index in [4.69, 9.17) is 5.26 Å². The molecule has 0 spiro atoms. The Morgan fingerprint density at radius 1 is 1.08 bits per heavy atom. The van der Waals surface area contributed by atoms with Crippen LogP contribution in [0.3, 0.4) is 0 Å². The molecule has 0 saturated carbocycles. The molecule has 0 amide bonds. The summed E-state index contributed by atoms with van der Waals surface area (Å²) >= 11 is 0. The van der Waals surface area contributed by atoms with Gasteiger partial charge in [0, 0.05) is 56.4 Å². The fourth-order valence-electron chi connectivity index (χ4n) is 2.61. The normalized spacial score (nSPS) is 11.0. The second kappa shape index (κ2) is 9.68. The molecule has 0 aromatic carbocycles. The fourth-order valence-corrected chi connectivity index (χ4v) is 2.61. The summed E-state index contributed by atoms with van der Waals surface area (Å²) in [6, 6.07) is 2.24. The largest absolute Gasteiger partial charge is 0.298 e. The quantitative estimate of drug-likeness (QED) is 0.705. The number of nitrogens with zero attached hydrogens (tertiary/aromatic N) is 6. The van der Waals surface area contributed by atoms with Gasteiger partial charge in [-0.2, -0.15) is 5.26 Å². The van der Waals surface area contributed by atoms with Crippen molar-refractivity contribution in [1.82, 2.24) is 24.8 Å². The SMILES string of the molecule is CCC(CC)CN(CCC#N)Cc1cnc(-c2cncnc2)nc1. The molecule has 6 heteroatoms. The van der Waals surface area contributed by atoms with Gasteiger partial charge in [0.1, 0.15) is 6.33 Å². The Morgan fingerprint density at radius 2 is 1.75 bits per heavy atom. The van der Waals surface area contributed by atoms with E-state index in [1.165, 1.54) is 6.33 Å². The third kappa shape index (κ3) is 5.36. The van der Waals surface area contributed by atoms with Crippen LogP contribution in [-0.2, 0) is 6.54 Å². The van der Waals surface area contributed by atoms with Crippen molar-refractivity contribution in [3.63, 3.8) is 0 Å². The van der Waals surface area contributed by atoms with Crippen molar-refractivity contribution in [2.24, 2.45) is 5.92 Å². The molecule has 0 fully saturated rings. The van der Waals surface area contributed by atoms with Crippen LogP contribution in [0.25, 0.3) is 11.4 Å². The summed E-state index contributed by atoms with van der Waals surface area (Å²) in [5, 5.41) is 8.88. The maximum atomic E-state index is 8.88. The van der Waals surface area contributed by atoms with Gasteiger partial charge in [-0.1, -0.05) is 26.7 Å². The Bertz CT molecular complexity index is 631. The standard InChI is InChI=1S/C18H24N6/c1-3-15(4-2)12-24(7-5-6-19)13-16-8-22-18(23-9-16)17-10-20-14-21-11-17/h8-11,14-15H,3-5,7,12-13H2,1-2H3. The molecule has 0 bridgehead atoms. The molecule has 0 aliphatic rings. The summed E-state index contributed by atoms with van der Waals surface area (Å²) < 4.78 is 0. The minimum Gasteiger partial charge on any atom is -0.298 e. The third-order valence-electron chi connectivity index (χ3n) is 4.14. The third-order valence-corrected chi connectivity index (χ3v) is 4.14. The molecule has 0 radical (unpaired) electrons. The van der Waals surface area contributed by atoms with Gasteiger partial charge in [0.2, 0.25) is 0 Å². The van der Waals surface area contributed by atoms with Crippen LogP contribution in [0.4, 0.5) is 0 Å². The molecule has 2 aromatic rings. The van der Waals surface area contributed by atoms with E-state index in [0.717, 1.165) is 43.6 Å². The first-order chi connectivity index (χ1) is 11.8. The zero-order valence-corrected chi connectivity index (χ0v) is 14.4. The summed E-state index contributed by atoms with van der Waals surface area (Å²) in [5.74, 6) is 1.29. The predicted octanol–water partition coefficient (Wildman–Crippen LogP) is 3.09. The molecule has 6 nitrogen and oxygen atoms in total. The van der Waals surface area contributed by atoms with Crippen molar-refractivity contribution in [2.75, 3.05) is 13.1 Å². The molecule has 24 heavy (non-hydrogen) atoms. The van der Waals surface area contributed by atoms with E-state index in [9.17, 15) is 0 Å². The lowest BCUT2D eigenvalue weighted by atomic mass is 10.0. The van der Waals surface area contributed by atoms with Gasteiger partial charge in [0.25, 0.3) is 0 Å². The van der Waals surface area contributed by atoms with Crippen LogP contribution >= 0.6 is 0 Å². The maximum Gasteiger partial charge on any atom is 0.162 e. The van der Waals surface area contributed by atoms with Crippen LogP contribution in [0.15, 0.2) is 31.1 Å². The van der Waals surface area contributed by atoms with E-state index in [1.54, 1.807) is 12.4 Å². The average Bonchev–Trinajstić information content (AvgIpc) is 2.65. The van der Waals surface area contributed by atoms with Gasteiger partial charge in [-0.3, -0.25) is 4.90 Å². The highest BCUT2D eigenvalue weighted by Gasteiger charge is 2.12. The summed E-state index contributed by atoms with van der Waals surface area (Å²) in [5.41, 5.74) is 1.86. The summed E-state index contributed by atoms with van der Waals surface area (Å²) in [4.78, 5) is 19.1. The molecular formula is C18H24N6. The molecule has 0 aliphatic heterocycles. The van der Waals surface area contributed by atoms with E-state index in [0.29, 0.717) is 18.2 Å². The molecule has 0 aliphatic carbocycles. The van der Waals surface area contributed by atoms with E-state index in [1.807, 2.05) is 12.4 Å². The molecule has 0 unspecified atom stereocenters. The number of hydrogen-bond acceptors (Lipinski definition) is 6. The number of aromatic nitrogens is 4. The van der Waals surface area contributed by atoms with Crippen molar-refractivity contribution < 1.29 is 0 Å². The van der Waals surface area contributed by atoms with E-state index in [-0.39, 0.29) is 0 Å². The zero-order valence-electron chi connectivity index (χ0n) is 14.4. The van der Waals surface area contributed by atoms with E-state index in [2.05, 4.69) is 44.8 Å². The van der Waals surface area contributed by atoms with Crippen molar-refractivity contribution in [2.45, 2.75) is 39.7 Å². The lowest BCUT2D eigenvalue weighted by molar-refractivity contribution is 0.220. The van der Waals surface area contributed by atoms with Gasteiger partial charge in [-0.15, -0.1) is 0 Å². The van der Waals surface area contributed by atoms with Gasteiger partial charge in [-0.05, 0) is 5.92 Å². The van der Waals surface area contributed by atoms with Gasteiger partial charge in [0.15, 0.2) is 5.82 Å². The highest BCUT2D eigenvalue weighted by Crippen LogP contribution is 2.15. The van der Waals surface area contributed by atoms with Crippen molar-refractivity contribution in [3.05, 3.63) is 36.7 Å². The second-order valence-corrected chi connectivity index (χ2v) is 5.87. The van der Waals surface area contributed by atoms with Crippen molar-refractivity contribution >= 4 is 0 Å². The maximum absolute atomic E-state index is 8.88. The van der Waals surface area contributed by atoms with Gasteiger partial charge in [0.05, 0.1) is 11.6 Å². The smallest absolute Gasteiger partial charge is 0.162 e. The predicted molar refractivity (Wildman–Crippen MR) is 92.6 cm³/mol. The molecule has 126 valence electrons. The van der Waals surface area contributed by atoms with Crippen molar-refractivity contribution in [3.8, 4) is 17.5 Å². The fraction of sp³-hybridized carbons (Fsp3) is 0.500. The Kier molecular flexibility index (Phi) is 7.24. The Labute approximate surface area is 143 Å². The molecule has 0 N–H and O–H groups in total. The molecule has 0 atom stereocenters. The van der Waals surface area contributed by atoms with E-state index < -0.39 is 0 Å². The Hall–Kier alpha value is -2.39. The molecule has 2 aromatic heterocycles. The van der Waals surface area contributed by atoms with Crippen LogP contribution in [0.1, 0.15) is 38.7 Å². The topological polar surface area (TPSA) is 78.6 Å². The summed E-state index contributed by atoms with van der Waals surface area (Å²) in [7, 11) is 0. The lowest BCUT2D eigenvalue weighted by Gasteiger charge is -2.25. The van der Waals surface area contributed by atoms with Crippen LogP contribution in [0.5, 0.6) is 0 Å². The molecular weight excluding hydrogens is 300 g/mol. The summed E-state index contributed by atoms with van der Waals surface area (Å²) in [6.07, 6.45) is 11.4. The minimum absolute atomic E-state index is 0.542. The van der Waals surface area contributed by atoms with Crippen molar-refractivity contribution in [1.29, 1.82) is 5.26 Å². The zero-order chi connectivity index (χ0) is 17.2. The number of nitriles is 1. The van der Waals surface area contributed by atoms with Crippen LogP contribution in [0, 0.1) is 17.2 Å². The van der Waals surface area contributed by atoms with E-state index >= 15 is 0 Å². The average molecular weight is 324 g/mol. The first-order valence-electron chi connectivity index (χ1n) is 8.42. The minimum atomic E-state index is 0.542. The Morgan fingerprint density at radius 3 is 2.33 bits per heavy atom. The lowest BCUT2D eigenvalue weighted by Crippen LogP contribution is -2.30.